The van der Waals surface area contributed by atoms with Gasteiger partial charge in [0.1, 0.15) is 22.3 Å². The van der Waals surface area contributed by atoms with E-state index in [-0.39, 0.29) is 22.1 Å². The number of rotatable bonds is 0. The summed E-state index contributed by atoms with van der Waals surface area (Å²) in [6.07, 6.45) is 3.31. The highest BCUT2D eigenvalue weighted by atomic mass is 79.9. The summed E-state index contributed by atoms with van der Waals surface area (Å²) >= 11 is 12.2. The minimum absolute atomic E-state index is 0.177. The first-order chi connectivity index (χ1) is 12.3. The third-order valence-corrected chi connectivity index (χ3v) is 4.37. The summed E-state index contributed by atoms with van der Waals surface area (Å²) in [5.41, 5.74) is 6.16. The maximum Gasteiger partial charge on any atom is 0.259 e. The van der Waals surface area contributed by atoms with Gasteiger partial charge in [-0.05, 0) is 56.1 Å². The number of nitrogens with zero attached hydrogens (tertiary/aromatic N) is 4. The lowest BCUT2D eigenvalue weighted by Crippen LogP contribution is -2.14. The van der Waals surface area contributed by atoms with Crippen molar-refractivity contribution in [1.29, 1.82) is 0 Å². The standard InChI is InChI=1S/C8H4BrClN2O.C8H6BrN3O/c2*9-5-1-2-7-11-6(10)3-8(13)12(7)4-5/h1-4H;1-4H,10H2. The van der Waals surface area contributed by atoms with Gasteiger partial charge in [0.05, 0.1) is 0 Å². The Labute approximate surface area is 168 Å². The Morgan fingerprint density at radius 3 is 1.92 bits per heavy atom. The third-order valence-electron chi connectivity index (χ3n) is 3.24. The van der Waals surface area contributed by atoms with Gasteiger partial charge in [-0.15, -0.1) is 0 Å². The number of fused-ring (bicyclic) bond motifs is 2. The zero-order valence-electron chi connectivity index (χ0n) is 12.9. The third kappa shape index (κ3) is 4.12. The molecule has 4 heterocycles. The van der Waals surface area contributed by atoms with E-state index in [0.717, 1.165) is 8.95 Å². The molecule has 26 heavy (non-hydrogen) atoms. The fourth-order valence-corrected chi connectivity index (χ4v) is 3.00. The van der Waals surface area contributed by atoms with Crippen LogP contribution in [0.2, 0.25) is 5.15 Å². The Hall–Kier alpha value is -2.23. The maximum absolute atomic E-state index is 11.4. The SMILES string of the molecule is Nc1cc(=O)n2cc(Br)ccc2n1.O=c1cc(Cl)nc2ccc(Br)cn12. The summed E-state index contributed by atoms with van der Waals surface area (Å²) in [7, 11) is 0. The number of halogens is 3. The topological polar surface area (TPSA) is 94.8 Å². The molecule has 0 atom stereocenters. The van der Waals surface area contributed by atoms with Gasteiger partial charge in [-0.1, -0.05) is 11.6 Å². The number of hydrogen-bond donors (Lipinski definition) is 1. The van der Waals surface area contributed by atoms with Crippen LogP contribution in [0.3, 0.4) is 0 Å². The average molecular weight is 500 g/mol. The predicted molar refractivity (Wildman–Crippen MR) is 108 cm³/mol. The van der Waals surface area contributed by atoms with Gasteiger partial charge in [0, 0.05) is 33.5 Å². The van der Waals surface area contributed by atoms with E-state index in [4.69, 9.17) is 17.3 Å². The van der Waals surface area contributed by atoms with E-state index in [0.29, 0.717) is 11.3 Å². The minimum Gasteiger partial charge on any atom is -0.383 e. The van der Waals surface area contributed by atoms with Crippen molar-refractivity contribution in [2.24, 2.45) is 0 Å². The van der Waals surface area contributed by atoms with Crippen molar-refractivity contribution in [3.05, 3.63) is 83.6 Å². The molecular formula is C16H10Br2ClN5O2. The molecule has 0 aliphatic rings. The zero-order valence-corrected chi connectivity index (χ0v) is 16.9. The number of hydrogen-bond acceptors (Lipinski definition) is 5. The highest BCUT2D eigenvalue weighted by molar-refractivity contribution is 9.10. The van der Waals surface area contributed by atoms with E-state index in [9.17, 15) is 9.59 Å². The van der Waals surface area contributed by atoms with Crippen molar-refractivity contribution in [1.82, 2.24) is 18.8 Å². The van der Waals surface area contributed by atoms with Crippen molar-refractivity contribution in [2.75, 3.05) is 5.73 Å². The van der Waals surface area contributed by atoms with Crippen LogP contribution < -0.4 is 16.9 Å². The number of aromatic nitrogens is 4. The van der Waals surface area contributed by atoms with Gasteiger partial charge in [0.15, 0.2) is 0 Å². The van der Waals surface area contributed by atoms with Crippen LogP contribution in [0, 0.1) is 0 Å². The van der Waals surface area contributed by atoms with E-state index < -0.39 is 0 Å². The molecule has 0 saturated carbocycles. The molecule has 4 rings (SSSR count). The Balaban J connectivity index is 0.000000151. The second kappa shape index (κ2) is 7.56. The Morgan fingerprint density at radius 2 is 1.35 bits per heavy atom. The Kier molecular flexibility index (Phi) is 5.40. The fourth-order valence-electron chi connectivity index (χ4n) is 2.14. The van der Waals surface area contributed by atoms with Crippen LogP contribution in [0.15, 0.2) is 67.3 Å². The van der Waals surface area contributed by atoms with E-state index in [1.165, 1.54) is 20.9 Å². The van der Waals surface area contributed by atoms with E-state index in [2.05, 4.69) is 41.8 Å². The zero-order chi connectivity index (χ0) is 18.8. The first-order valence-corrected chi connectivity index (χ1v) is 9.09. The highest BCUT2D eigenvalue weighted by Crippen LogP contribution is 2.11. The molecule has 4 aromatic rings. The molecule has 0 aliphatic carbocycles. The molecule has 0 fully saturated rings. The second-order valence-electron chi connectivity index (χ2n) is 5.09. The lowest BCUT2D eigenvalue weighted by Gasteiger charge is -2.00. The summed E-state index contributed by atoms with van der Waals surface area (Å²) in [6.45, 7) is 0. The van der Waals surface area contributed by atoms with Crippen molar-refractivity contribution >= 4 is 60.6 Å². The number of nitrogens with two attached hydrogens (primary N) is 1. The molecule has 7 nitrogen and oxygen atoms in total. The van der Waals surface area contributed by atoms with Gasteiger partial charge in [0.2, 0.25) is 0 Å². The van der Waals surface area contributed by atoms with Crippen LogP contribution in [0.1, 0.15) is 0 Å². The summed E-state index contributed by atoms with van der Waals surface area (Å²) in [4.78, 5) is 30.7. The number of nitrogen functional groups attached to an aromatic ring is 1. The summed E-state index contributed by atoms with van der Waals surface area (Å²) in [5, 5.41) is 0.215. The quantitative estimate of drug-likeness (QED) is 0.375. The highest BCUT2D eigenvalue weighted by Gasteiger charge is 2.00. The maximum atomic E-state index is 11.4. The van der Waals surface area contributed by atoms with Crippen molar-refractivity contribution in [3.8, 4) is 0 Å². The summed E-state index contributed by atoms with van der Waals surface area (Å²) < 4.78 is 4.51. The molecule has 132 valence electrons. The first kappa shape index (κ1) is 18.6. The molecule has 0 bridgehead atoms. The van der Waals surface area contributed by atoms with E-state index in [1.54, 1.807) is 36.7 Å². The molecule has 2 N–H and O–H groups in total. The lowest BCUT2D eigenvalue weighted by molar-refractivity contribution is 1.04. The fraction of sp³-hybridized carbons (Fsp3) is 0. The van der Waals surface area contributed by atoms with Gasteiger partial charge in [-0.3, -0.25) is 18.4 Å². The van der Waals surface area contributed by atoms with Gasteiger partial charge < -0.3 is 5.73 Å². The summed E-state index contributed by atoms with van der Waals surface area (Å²) in [5.74, 6) is 0.243. The van der Waals surface area contributed by atoms with Gasteiger partial charge in [-0.2, -0.15) is 0 Å². The van der Waals surface area contributed by atoms with Crippen LogP contribution in [0.5, 0.6) is 0 Å². The average Bonchev–Trinajstić information content (AvgIpc) is 2.57. The van der Waals surface area contributed by atoms with Gasteiger partial charge in [-0.25, -0.2) is 9.97 Å². The molecular weight excluding hydrogens is 489 g/mol. The molecule has 4 aromatic heterocycles. The van der Waals surface area contributed by atoms with Crippen LogP contribution in [0.4, 0.5) is 5.82 Å². The smallest absolute Gasteiger partial charge is 0.259 e. The molecule has 0 spiro atoms. The molecule has 0 aromatic carbocycles. The molecule has 0 amide bonds. The largest absolute Gasteiger partial charge is 0.383 e. The van der Waals surface area contributed by atoms with E-state index in [1.807, 2.05) is 0 Å². The lowest BCUT2D eigenvalue weighted by atomic mass is 10.4. The van der Waals surface area contributed by atoms with Crippen LogP contribution >= 0.6 is 43.5 Å². The Morgan fingerprint density at radius 1 is 0.846 bits per heavy atom. The second-order valence-corrected chi connectivity index (χ2v) is 7.31. The molecule has 0 aliphatic heterocycles. The molecule has 0 unspecified atom stereocenters. The van der Waals surface area contributed by atoms with Gasteiger partial charge in [0.25, 0.3) is 11.1 Å². The molecule has 10 heteroatoms. The Bertz CT molecular complexity index is 1140. The number of pyridine rings is 2. The van der Waals surface area contributed by atoms with Gasteiger partial charge >= 0.3 is 0 Å². The van der Waals surface area contributed by atoms with E-state index >= 15 is 0 Å². The normalized spacial score (nSPS) is 10.6. The predicted octanol–water partition coefficient (Wildman–Crippen LogP) is 3.15. The van der Waals surface area contributed by atoms with Crippen LogP contribution in [-0.2, 0) is 0 Å². The monoisotopic (exact) mass is 497 g/mol. The number of anilines is 1. The van der Waals surface area contributed by atoms with Crippen molar-refractivity contribution in [3.63, 3.8) is 0 Å². The first-order valence-electron chi connectivity index (χ1n) is 7.12. The summed E-state index contributed by atoms with van der Waals surface area (Å²) in [6, 6.07) is 9.62. The van der Waals surface area contributed by atoms with Crippen LogP contribution in [-0.4, -0.2) is 18.8 Å². The van der Waals surface area contributed by atoms with Crippen LogP contribution in [0.25, 0.3) is 11.3 Å². The molecule has 0 radical (unpaired) electrons. The minimum atomic E-state index is -0.184. The van der Waals surface area contributed by atoms with Crippen molar-refractivity contribution < 1.29 is 0 Å². The molecule has 0 saturated heterocycles. The van der Waals surface area contributed by atoms with Crippen molar-refractivity contribution in [2.45, 2.75) is 0 Å².